The van der Waals surface area contributed by atoms with Gasteiger partial charge in [0.05, 0.1) is 6.54 Å². The molecule has 3 heteroatoms. The van der Waals surface area contributed by atoms with Gasteiger partial charge in [0.25, 0.3) is 5.91 Å². The molecule has 84 valence electrons. The second kappa shape index (κ2) is 5.03. The Morgan fingerprint density at radius 2 is 1.94 bits per heavy atom. The van der Waals surface area contributed by atoms with Crippen molar-refractivity contribution >= 4 is 32.6 Å². The smallest absolute Gasteiger partial charge is 0.252 e. The van der Waals surface area contributed by atoms with Crippen molar-refractivity contribution in [3.05, 3.63) is 46.4 Å². The third-order valence-corrected chi connectivity index (χ3v) is 3.16. The first-order valence-corrected chi connectivity index (χ1v) is 5.92. The standard InChI is InChI=1S/C14H10BrNO/c1-2-9-16-14(17)12-7-3-6-11-10(12)5-4-8-13(11)15/h1,3-8H,9H2,(H,16,17). The van der Waals surface area contributed by atoms with Gasteiger partial charge in [-0.1, -0.05) is 46.1 Å². The minimum absolute atomic E-state index is 0.147. The number of carbonyl (C=O) groups excluding carboxylic acids is 1. The Kier molecular flexibility index (Phi) is 3.46. The number of benzene rings is 2. The van der Waals surface area contributed by atoms with Crippen LogP contribution in [0, 0.1) is 12.3 Å². The molecule has 0 atom stereocenters. The molecule has 2 rings (SSSR count). The van der Waals surface area contributed by atoms with Crippen LogP contribution < -0.4 is 5.32 Å². The predicted octanol–water partition coefficient (Wildman–Crippen LogP) is 2.97. The number of halogens is 1. The molecule has 2 aromatic carbocycles. The first-order valence-electron chi connectivity index (χ1n) is 5.13. The molecule has 17 heavy (non-hydrogen) atoms. The summed E-state index contributed by atoms with van der Waals surface area (Å²) in [5.41, 5.74) is 0.638. The second-order valence-corrected chi connectivity index (χ2v) is 4.38. The summed E-state index contributed by atoms with van der Waals surface area (Å²) in [6, 6.07) is 11.4. The molecule has 0 unspecified atom stereocenters. The number of hydrogen-bond acceptors (Lipinski definition) is 1. The van der Waals surface area contributed by atoms with E-state index in [9.17, 15) is 4.79 Å². The monoisotopic (exact) mass is 287 g/mol. The number of amides is 1. The van der Waals surface area contributed by atoms with Crippen molar-refractivity contribution in [2.45, 2.75) is 0 Å². The van der Waals surface area contributed by atoms with Crippen LogP contribution in [0.2, 0.25) is 0 Å². The first-order chi connectivity index (χ1) is 8.24. The number of rotatable bonds is 2. The number of carbonyl (C=O) groups is 1. The van der Waals surface area contributed by atoms with Gasteiger partial charge in [-0.05, 0) is 22.9 Å². The Bertz CT molecular complexity index is 613. The van der Waals surface area contributed by atoms with E-state index in [1.54, 1.807) is 6.07 Å². The Morgan fingerprint density at radius 3 is 2.71 bits per heavy atom. The lowest BCUT2D eigenvalue weighted by molar-refractivity contribution is 0.0960. The molecule has 2 aromatic rings. The third kappa shape index (κ3) is 2.32. The highest BCUT2D eigenvalue weighted by atomic mass is 79.9. The van der Waals surface area contributed by atoms with Gasteiger partial charge in [-0.2, -0.15) is 0 Å². The van der Waals surface area contributed by atoms with E-state index in [2.05, 4.69) is 27.2 Å². The maximum absolute atomic E-state index is 11.9. The zero-order valence-electron chi connectivity index (χ0n) is 9.03. The van der Waals surface area contributed by atoms with E-state index < -0.39 is 0 Å². The molecule has 0 saturated carbocycles. The summed E-state index contributed by atoms with van der Waals surface area (Å²) in [5.74, 6) is 2.24. The van der Waals surface area contributed by atoms with Crippen molar-refractivity contribution in [3.63, 3.8) is 0 Å². The molecular weight excluding hydrogens is 278 g/mol. The van der Waals surface area contributed by atoms with E-state index in [0.717, 1.165) is 15.2 Å². The van der Waals surface area contributed by atoms with Crippen molar-refractivity contribution in [1.82, 2.24) is 5.32 Å². The van der Waals surface area contributed by atoms with E-state index in [-0.39, 0.29) is 12.5 Å². The van der Waals surface area contributed by atoms with Gasteiger partial charge in [0.2, 0.25) is 0 Å². The van der Waals surface area contributed by atoms with E-state index >= 15 is 0 Å². The second-order valence-electron chi connectivity index (χ2n) is 3.53. The first kappa shape index (κ1) is 11.7. The SMILES string of the molecule is C#CCNC(=O)c1cccc2c(Br)cccc12. The molecule has 0 saturated heterocycles. The van der Waals surface area contributed by atoms with Crippen LogP contribution in [0.1, 0.15) is 10.4 Å². The molecule has 1 amide bonds. The van der Waals surface area contributed by atoms with Crippen molar-refractivity contribution < 1.29 is 4.79 Å². The van der Waals surface area contributed by atoms with Crippen LogP contribution >= 0.6 is 15.9 Å². The lowest BCUT2D eigenvalue weighted by atomic mass is 10.0. The minimum atomic E-state index is -0.147. The molecule has 0 aliphatic heterocycles. The maximum Gasteiger partial charge on any atom is 0.252 e. The van der Waals surface area contributed by atoms with E-state index in [0.29, 0.717) is 5.56 Å². The van der Waals surface area contributed by atoms with Gasteiger partial charge in [-0.15, -0.1) is 6.42 Å². The highest BCUT2D eigenvalue weighted by molar-refractivity contribution is 9.10. The lowest BCUT2D eigenvalue weighted by Crippen LogP contribution is -2.23. The molecule has 0 aliphatic rings. The fourth-order valence-electron chi connectivity index (χ4n) is 1.70. The lowest BCUT2D eigenvalue weighted by Gasteiger charge is -2.07. The quantitative estimate of drug-likeness (QED) is 0.846. The molecule has 0 aliphatic carbocycles. The largest absolute Gasteiger partial charge is 0.341 e. The molecule has 0 bridgehead atoms. The minimum Gasteiger partial charge on any atom is -0.341 e. The van der Waals surface area contributed by atoms with Crippen molar-refractivity contribution in [1.29, 1.82) is 0 Å². The molecule has 0 radical (unpaired) electrons. The average molecular weight is 288 g/mol. The summed E-state index contributed by atoms with van der Waals surface area (Å²) in [4.78, 5) is 11.9. The fourth-order valence-corrected chi connectivity index (χ4v) is 2.19. The van der Waals surface area contributed by atoms with Crippen LogP contribution in [0.25, 0.3) is 10.8 Å². The van der Waals surface area contributed by atoms with E-state index in [4.69, 9.17) is 6.42 Å². The summed E-state index contributed by atoms with van der Waals surface area (Å²) in [6.45, 7) is 0.239. The highest BCUT2D eigenvalue weighted by Crippen LogP contribution is 2.26. The van der Waals surface area contributed by atoms with Crippen LogP contribution in [0.15, 0.2) is 40.9 Å². The third-order valence-electron chi connectivity index (χ3n) is 2.46. The van der Waals surface area contributed by atoms with Crippen LogP contribution in [0.5, 0.6) is 0 Å². The summed E-state index contributed by atoms with van der Waals surface area (Å²) >= 11 is 3.47. The van der Waals surface area contributed by atoms with Gasteiger partial charge in [0.15, 0.2) is 0 Å². The summed E-state index contributed by atoms with van der Waals surface area (Å²) in [5, 5.41) is 4.60. The maximum atomic E-state index is 11.9. The van der Waals surface area contributed by atoms with Crippen LogP contribution in [-0.2, 0) is 0 Å². The fraction of sp³-hybridized carbons (Fsp3) is 0.0714. The summed E-state index contributed by atoms with van der Waals surface area (Å²) in [6.07, 6.45) is 5.12. The Hall–Kier alpha value is -1.79. The van der Waals surface area contributed by atoms with Crippen molar-refractivity contribution in [2.75, 3.05) is 6.54 Å². The molecule has 0 aromatic heterocycles. The molecule has 0 spiro atoms. The van der Waals surface area contributed by atoms with Crippen LogP contribution in [0.4, 0.5) is 0 Å². The molecule has 2 nitrogen and oxygen atoms in total. The summed E-state index contributed by atoms with van der Waals surface area (Å²) < 4.78 is 0.974. The topological polar surface area (TPSA) is 29.1 Å². The van der Waals surface area contributed by atoms with E-state index in [1.165, 1.54) is 0 Å². The van der Waals surface area contributed by atoms with E-state index in [1.807, 2.05) is 30.3 Å². The molecule has 0 heterocycles. The predicted molar refractivity (Wildman–Crippen MR) is 72.8 cm³/mol. The number of hydrogen-bond donors (Lipinski definition) is 1. The van der Waals surface area contributed by atoms with Crippen LogP contribution in [-0.4, -0.2) is 12.5 Å². The van der Waals surface area contributed by atoms with Gasteiger partial charge in [0, 0.05) is 10.0 Å². The number of terminal acetylenes is 1. The molecule has 0 fully saturated rings. The zero-order chi connectivity index (χ0) is 12.3. The number of nitrogens with one attached hydrogen (secondary N) is 1. The molecular formula is C14H10BrNO. The normalized spacial score (nSPS) is 9.88. The average Bonchev–Trinajstić information content (AvgIpc) is 2.36. The van der Waals surface area contributed by atoms with Gasteiger partial charge in [0.1, 0.15) is 0 Å². The Morgan fingerprint density at radius 1 is 1.24 bits per heavy atom. The molecule has 1 N–H and O–H groups in total. The summed E-state index contributed by atoms with van der Waals surface area (Å²) in [7, 11) is 0. The Labute approximate surface area is 108 Å². The van der Waals surface area contributed by atoms with Crippen LogP contribution in [0.3, 0.4) is 0 Å². The van der Waals surface area contributed by atoms with Crippen molar-refractivity contribution in [3.8, 4) is 12.3 Å². The number of fused-ring (bicyclic) bond motifs is 1. The van der Waals surface area contributed by atoms with Gasteiger partial charge >= 0.3 is 0 Å². The Balaban J connectivity index is 2.52. The van der Waals surface area contributed by atoms with Gasteiger partial charge in [-0.25, -0.2) is 0 Å². The highest BCUT2D eigenvalue weighted by Gasteiger charge is 2.09. The van der Waals surface area contributed by atoms with Gasteiger partial charge in [-0.3, -0.25) is 4.79 Å². The zero-order valence-corrected chi connectivity index (χ0v) is 10.6. The van der Waals surface area contributed by atoms with Crippen molar-refractivity contribution in [2.24, 2.45) is 0 Å². The van der Waals surface area contributed by atoms with Gasteiger partial charge < -0.3 is 5.32 Å².